The van der Waals surface area contributed by atoms with Gasteiger partial charge in [-0.05, 0) is 55.8 Å². The zero-order chi connectivity index (χ0) is 19.3. The number of nitrogens with one attached hydrogen (secondary N) is 2. The molecule has 0 saturated carbocycles. The van der Waals surface area contributed by atoms with Crippen molar-refractivity contribution < 1.29 is 19.1 Å². The number of ether oxygens (including phenoxy) is 2. The number of aryl methyl sites for hydroxylation is 1. The third-order valence-electron chi connectivity index (χ3n) is 3.76. The molecule has 0 spiro atoms. The van der Waals surface area contributed by atoms with Crippen LogP contribution in [0, 0.1) is 6.92 Å². The summed E-state index contributed by atoms with van der Waals surface area (Å²) in [5, 5.41) is 5.87. The Morgan fingerprint density at radius 1 is 1.12 bits per heavy atom. The van der Waals surface area contributed by atoms with Crippen molar-refractivity contribution in [2.75, 3.05) is 19.5 Å². The van der Waals surface area contributed by atoms with Crippen LogP contribution in [0.15, 0.2) is 36.4 Å². The zero-order valence-corrected chi connectivity index (χ0v) is 15.8. The summed E-state index contributed by atoms with van der Waals surface area (Å²) in [7, 11) is 3.02. The van der Waals surface area contributed by atoms with Crippen molar-refractivity contribution in [3.05, 3.63) is 52.5 Å². The molecule has 0 bridgehead atoms. The molecule has 2 N–H and O–H groups in total. The predicted molar refractivity (Wildman–Crippen MR) is 101 cm³/mol. The van der Waals surface area contributed by atoms with E-state index in [0.717, 1.165) is 5.56 Å². The van der Waals surface area contributed by atoms with Gasteiger partial charge < -0.3 is 20.1 Å². The number of carbonyl (C=O) groups is 2. The third kappa shape index (κ3) is 4.67. The summed E-state index contributed by atoms with van der Waals surface area (Å²) >= 11 is 5.93. The number of anilines is 1. The summed E-state index contributed by atoms with van der Waals surface area (Å²) in [5.41, 5.74) is 1.63. The van der Waals surface area contributed by atoms with Gasteiger partial charge >= 0.3 is 0 Å². The minimum atomic E-state index is -0.761. The highest BCUT2D eigenvalue weighted by Gasteiger charge is 2.18. The van der Waals surface area contributed by atoms with Crippen molar-refractivity contribution in [2.24, 2.45) is 0 Å². The highest BCUT2D eigenvalue weighted by Crippen LogP contribution is 2.27. The van der Waals surface area contributed by atoms with Crippen LogP contribution in [0.4, 0.5) is 5.69 Å². The average molecular weight is 377 g/mol. The largest absolute Gasteiger partial charge is 0.495 e. The van der Waals surface area contributed by atoms with Gasteiger partial charge in [0, 0.05) is 17.6 Å². The third-order valence-corrected chi connectivity index (χ3v) is 3.99. The first-order valence-electron chi connectivity index (χ1n) is 7.99. The molecule has 0 heterocycles. The first kappa shape index (κ1) is 19.6. The van der Waals surface area contributed by atoms with E-state index in [0.29, 0.717) is 27.8 Å². The van der Waals surface area contributed by atoms with E-state index >= 15 is 0 Å². The number of hydrogen-bond donors (Lipinski definition) is 2. The molecule has 0 aliphatic heterocycles. The zero-order valence-electron chi connectivity index (χ0n) is 15.1. The van der Waals surface area contributed by atoms with E-state index in [9.17, 15) is 9.59 Å². The molecule has 6 nitrogen and oxygen atoms in total. The van der Waals surface area contributed by atoms with Crippen LogP contribution in [-0.2, 0) is 4.79 Å². The number of methoxy groups -OCH3 is 1. The lowest BCUT2D eigenvalue weighted by Crippen LogP contribution is -2.30. The number of benzene rings is 2. The number of halogens is 1. The van der Waals surface area contributed by atoms with Gasteiger partial charge in [-0.1, -0.05) is 11.6 Å². The Morgan fingerprint density at radius 2 is 1.81 bits per heavy atom. The van der Waals surface area contributed by atoms with Crippen molar-refractivity contribution in [2.45, 2.75) is 20.0 Å². The smallest absolute Gasteiger partial charge is 0.265 e. The Hall–Kier alpha value is -2.73. The van der Waals surface area contributed by atoms with Crippen LogP contribution in [0.2, 0.25) is 5.02 Å². The van der Waals surface area contributed by atoms with Gasteiger partial charge in [-0.2, -0.15) is 0 Å². The Kier molecular flexibility index (Phi) is 6.46. The second kappa shape index (κ2) is 8.58. The van der Waals surface area contributed by atoms with Gasteiger partial charge in [-0.25, -0.2) is 0 Å². The Bertz CT molecular complexity index is 823. The molecular formula is C19H21ClN2O4. The molecule has 0 saturated heterocycles. The number of rotatable bonds is 6. The maximum Gasteiger partial charge on any atom is 0.265 e. The molecule has 0 fully saturated rings. The molecule has 0 radical (unpaired) electrons. The molecule has 2 amide bonds. The van der Waals surface area contributed by atoms with E-state index in [-0.39, 0.29) is 11.8 Å². The van der Waals surface area contributed by atoms with E-state index < -0.39 is 6.10 Å². The number of amides is 2. The summed E-state index contributed by atoms with van der Waals surface area (Å²) in [6.07, 6.45) is -0.761. The van der Waals surface area contributed by atoms with Gasteiger partial charge in [0.25, 0.3) is 11.8 Å². The summed E-state index contributed by atoms with van der Waals surface area (Å²) in [6, 6.07) is 9.96. The van der Waals surface area contributed by atoms with Crippen molar-refractivity contribution in [1.82, 2.24) is 5.32 Å². The molecule has 138 valence electrons. The summed E-state index contributed by atoms with van der Waals surface area (Å²) < 4.78 is 11.0. The minimum absolute atomic E-state index is 0.260. The predicted octanol–water partition coefficient (Wildman–Crippen LogP) is 3.42. The number of hydrogen-bond acceptors (Lipinski definition) is 4. The molecule has 2 rings (SSSR count). The molecule has 1 atom stereocenters. The normalized spacial score (nSPS) is 11.4. The fraction of sp³-hybridized carbons (Fsp3) is 0.263. The topological polar surface area (TPSA) is 76.7 Å². The van der Waals surface area contributed by atoms with E-state index in [1.54, 1.807) is 43.3 Å². The quantitative estimate of drug-likeness (QED) is 0.809. The van der Waals surface area contributed by atoms with Crippen molar-refractivity contribution >= 4 is 29.1 Å². The van der Waals surface area contributed by atoms with Crippen LogP contribution in [0.3, 0.4) is 0 Å². The standard InChI is InChI=1S/C19H21ClN2O4/c1-11-9-14(20)6-8-16(11)26-12(2)18(23)22-15-10-13(19(24)21-3)5-7-17(15)25-4/h5-10,12H,1-4H3,(H,21,24)(H,22,23). The van der Waals surface area contributed by atoms with Gasteiger partial charge in [0.15, 0.2) is 6.10 Å². The van der Waals surface area contributed by atoms with Gasteiger partial charge in [0.1, 0.15) is 11.5 Å². The van der Waals surface area contributed by atoms with Crippen molar-refractivity contribution in [3.8, 4) is 11.5 Å². The highest BCUT2D eigenvalue weighted by molar-refractivity contribution is 6.30. The lowest BCUT2D eigenvalue weighted by molar-refractivity contribution is -0.122. The van der Waals surface area contributed by atoms with E-state index in [4.69, 9.17) is 21.1 Å². The Balaban J connectivity index is 2.16. The van der Waals surface area contributed by atoms with E-state index in [2.05, 4.69) is 10.6 Å². The molecule has 1 unspecified atom stereocenters. The maximum atomic E-state index is 12.5. The van der Waals surface area contributed by atoms with Crippen LogP contribution in [0.25, 0.3) is 0 Å². The fourth-order valence-corrected chi connectivity index (χ4v) is 2.54. The number of carbonyl (C=O) groups excluding carboxylic acids is 2. The minimum Gasteiger partial charge on any atom is -0.495 e. The molecule has 0 aliphatic rings. The monoisotopic (exact) mass is 376 g/mol. The van der Waals surface area contributed by atoms with E-state index in [1.807, 2.05) is 6.92 Å². The second-order valence-electron chi connectivity index (χ2n) is 5.65. The van der Waals surface area contributed by atoms with Crippen LogP contribution in [-0.4, -0.2) is 32.1 Å². The first-order valence-corrected chi connectivity index (χ1v) is 8.37. The SMILES string of the molecule is CNC(=O)c1ccc(OC)c(NC(=O)C(C)Oc2ccc(Cl)cc2C)c1. The van der Waals surface area contributed by atoms with Gasteiger partial charge in [0.2, 0.25) is 0 Å². The molecule has 2 aromatic carbocycles. The molecule has 26 heavy (non-hydrogen) atoms. The van der Waals surface area contributed by atoms with Gasteiger partial charge in [0.05, 0.1) is 12.8 Å². The molecule has 0 aliphatic carbocycles. The van der Waals surface area contributed by atoms with Crippen molar-refractivity contribution in [1.29, 1.82) is 0 Å². The van der Waals surface area contributed by atoms with Crippen molar-refractivity contribution in [3.63, 3.8) is 0 Å². The first-order chi connectivity index (χ1) is 12.3. The van der Waals surface area contributed by atoms with Crippen LogP contribution in [0.5, 0.6) is 11.5 Å². The fourth-order valence-electron chi connectivity index (χ4n) is 2.31. The lowest BCUT2D eigenvalue weighted by Gasteiger charge is -2.18. The van der Waals surface area contributed by atoms with Gasteiger partial charge in [-0.15, -0.1) is 0 Å². The Morgan fingerprint density at radius 3 is 2.42 bits per heavy atom. The van der Waals surface area contributed by atoms with Crippen LogP contribution >= 0.6 is 11.6 Å². The van der Waals surface area contributed by atoms with Crippen LogP contribution in [0.1, 0.15) is 22.8 Å². The summed E-state index contributed by atoms with van der Waals surface area (Å²) in [6.45, 7) is 3.49. The van der Waals surface area contributed by atoms with Crippen LogP contribution < -0.4 is 20.1 Å². The molecule has 2 aromatic rings. The molecule has 7 heteroatoms. The maximum absolute atomic E-state index is 12.5. The molecular weight excluding hydrogens is 356 g/mol. The second-order valence-corrected chi connectivity index (χ2v) is 6.09. The van der Waals surface area contributed by atoms with Gasteiger partial charge in [-0.3, -0.25) is 9.59 Å². The summed E-state index contributed by atoms with van der Waals surface area (Å²) in [5.74, 6) is 0.389. The lowest BCUT2D eigenvalue weighted by atomic mass is 10.1. The summed E-state index contributed by atoms with van der Waals surface area (Å²) in [4.78, 5) is 24.3. The van der Waals surface area contributed by atoms with E-state index in [1.165, 1.54) is 14.2 Å². The Labute approximate surface area is 157 Å². The molecule has 0 aromatic heterocycles. The highest BCUT2D eigenvalue weighted by atomic mass is 35.5. The average Bonchev–Trinajstić information content (AvgIpc) is 2.63.